The minimum atomic E-state index is -0.229. The highest BCUT2D eigenvalue weighted by Gasteiger charge is 2.29. The number of hydrogen-bond donors (Lipinski definition) is 0. The van der Waals surface area contributed by atoms with Crippen molar-refractivity contribution in [1.29, 1.82) is 0 Å². The second kappa shape index (κ2) is 8.30. The second-order valence-corrected chi connectivity index (χ2v) is 5.98. The number of amides is 1. The van der Waals surface area contributed by atoms with Crippen LogP contribution in [0.1, 0.15) is 0 Å². The summed E-state index contributed by atoms with van der Waals surface area (Å²) in [5.41, 5.74) is -0.115. The van der Waals surface area contributed by atoms with Crippen LogP contribution in [0, 0.1) is 5.92 Å². The zero-order valence-corrected chi connectivity index (χ0v) is 13.7. The molecule has 1 aliphatic heterocycles. The van der Waals surface area contributed by atoms with Crippen LogP contribution in [0.15, 0.2) is 22.2 Å². The number of carbonyl (C=O) groups is 1. The summed E-state index contributed by atoms with van der Waals surface area (Å²) < 4.78 is 11.7. The monoisotopic (exact) mass is 327 g/mol. The van der Waals surface area contributed by atoms with E-state index in [0.717, 1.165) is 0 Å². The van der Waals surface area contributed by atoms with Crippen molar-refractivity contribution in [3.05, 3.63) is 22.6 Å². The summed E-state index contributed by atoms with van der Waals surface area (Å²) in [6.45, 7) is 2.38. The quantitative estimate of drug-likeness (QED) is 0.661. The fourth-order valence-electron chi connectivity index (χ4n) is 2.29. The normalized spacial score (nSPS) is 17.1. The Kier molecular flexibility index (Phi) is 6.41. The van der Waals surface area contributed by atoms with Gasteiger partial charge in [-0.15, -0.1) is 0 Å². The molecule has 1 atom stereocenters. The standard InChI is InChI=1S/C14H21N3O4S/c1-20-7-5-16(6-8-21-2)13(19)11-9-17-12(18)3-4-15-14(17)22-10-11/h3-4,11H,5-10H2,1-2H3. The van der Waals surface area contributed by atoms with Gasteiger partial charge >= 0.3 is 0 Å². The third-order valence-electron chi connectivity index (χ3n) is 3.51. The Morgan fingerprint density at radius 3 is 2.73 bits per heavy atom. The maximum absolute atomic E-state index is 12.7. The summed E-state index contributed by atoms with van der Waals surface area (Å²) in [6.07, 6.45) is 1.51. The highest BCUT2D eigenvalue weighted by atomic mass is 32.2. The minimum absolute atomic E-state index is 0.0306. The van der Waals surface area contributed by atoms with Crippen LogP contribution in [0.5, 0.6) is 0 Å². The van der Waals surface area contributed by atoms with Crippen LogP contribution in [0.25, 0.3) is 0 Å². The first-order chi connectivity index (χ1) is 10.7. The molecule has 0 spiro atoms. The van der Waals surface area contributed by atoms with E-state index >= 15 is 0 Å². The number of rotatable bonds is 7. The van der Waals surface area contributed by atoms with Gasteiger partial charge in [-0.3, -0.25) is 14.2 Å². The van der Waals surface area contributed by atoms with Gasteiger partial charge in [-0.25, -0.2) is 4.98 Å². The zero-order chi connectivity index (χ0) is 15.9. The SMILES string of the molecule is COCCN(CCOC)C(=O)C1CSc2nccc(=O)n2C1. The van der Waals surface area contributed by atoms with Gasteiger partial charge in [0.25, 0.3) is 5.56 Å². The number of methoxy groups -OCH3 is 2. The average molecular weight is 327 g/mol. The van der Waals surface area contributed by atoms with E-state index in [2.05, 4.69) is 4.98 Å². The molecule has 22 heavy (non-hydrogen) atoms. The third-order valence-corrected chi connectivity index (χ3v) is 4.66. The highest BCUT2D eigenvalue weighted by molar-refractivity contribution is 7.99. The molecule has 1 unspecified atom stereocenters. The van der Waals surface area contributed by atoms with Crippen molar-refractivity contribution in [3.63, 3.8) is 0 Å². The molecule has 0 saturated heterocycles. The summed E-state index contributed by atoms with van der Waals surface area (Å²) in [4.78, 5) is 30.5. The lowest BCUT2D eigenvalue weighted by atomic mass is 10.1. The van der Waals surface area contributed by atoms with E-state index in [1.54, 1.807) is 23.7 Å². The van der Waals surface area contributed by atoms with Crippen LogP contribution in [0.2, 0.25) is 0 Å². The van der Waals surface area contributed by atoms with Crippen molar-refractivity contribution in [2.24, 2.45) is 5.92 Å². The number of thioether (sulfide) groups is 1. The van der Waals surface area contributed by atoms with Gasteiger partial charge in [0.05, 0.1) is 19.1 Å². The van der Waals surface area contributed by atoms with Crippen molar-refractivity contribution in [1.82, 2.24) is 14.5 Å². The van der Waals surface area contributed by atoms with Crippen LogP contribution < -0.4 is 5.56 Å². The van der Waals surface area contributed by atoms with E-state index in [0.29, 0.717) is 43.8 Å². The summed E-state index contributed by atoms with van der Waals surface area (Å²) in [7, 11) is 3.22. The number of fused-ring (bicyclic) bond motifs is 1. The summed E-state index contributed by atoms with van der Waals surface area (Å²) in [6, 6.07) is 1.42. The number of hydrogen-bond acceptors (Lipinski definition) is 6. The van der Waals surface area contributed by atoms with Gasteiger partial charge in [0.15, 0.2) is 5.16 Å². The molecular formula is C14H21N3O4S. The molecule has 122 valence electrons. The van der Waals surface area contributed by atoms with Crippen LogP contribution >= 0.6 is 11.8 Å². The van der Waals surface area contributed by atoms with Crippen LogP contribution in [-0.4, -0.2) is 66.6 Å². The summed E-state index contributed by atoms with van der Waals surface area (Å²) in [5.74, 6) is 0.433. The number of carbonyl (C=O) groups excluding carboxylic acids is 1. The van der Waals surface area contributed by atoms with Gasteiger partial charge < -0.3 is 14.4 Å². The lowest BCUT2D eigenvalue weighted by Crippen LogP contribution is -2.44. The molecule has 8 heteroatoms. The molecule has 2 rings (SSSR count). The van der Waals surface area contributed by atoms with Crippen LogP contribution in [0.3, 0.4) is 0 Å². The number of ether oxygens (including phenoxy) is 2. The van der Waals surface area contributed by atoms with Crippen LogP contribution in [0.4, 0.5) is 0 Å². The zero-order valence-electron chi connectivity index (χ0n) is 12.9. The molecule has 7 nitrogen and oxygen atoms in total. The Bertz CT molecular complexity index is 555. The van der Waals surface area contributed by atoms with E-state index in [1.807, 2.05) is 0 Å². The van der Waals surface area contributed by atoms with Gasteiger partial charge in [-0.2, -0.15) is 0 Å². The molecule has 0 saturated carbocycles. The molecule has 0 N–H and O–H groups in total. The molecular weight excluding hydrogens is 306 g/mol. The lowest BCUT2D eigenvalue weighted by molar-refractivity contribution is -0.136. The van der Waals surface area contributed by atoms with Gasteiger partial charge in [0, 0.05) is 51.9 Å². The molecule has 1 amide bonds. The molecule has 1 aromatic heterocycles. The Morgan fingerprint density at radius 2 is 2.09 bits per heavy atom. The predicted molar refractivity (Wildman–Crippen MR) is 83.0 cm³/mol. The molecule has 0 bridgehead atoms. The molecule has 2 heterocycles. The summed E-state index contributed by atoms with van der Waals surface area (Å²) >= 11 is 1.45. The topological polar surface area (TPSA) is 73.7 Å². The van der Waals surface area contributed by atoms with Crippen molar-refractivity contribution in [2.45, 2.75) is 11.7 Å². The largest absolute Gasteiger partial charge is 0.383 e. The van der Waals surface area contributed by atoms with Gasteiger partial charge in [0.1, 0.15) is 0 Å². The van der Waals surface area contributed by atoms with E-state index in [-0.39, 0.29) is 17.4 Å². The Morgan fingerprint density at radius 1 is 1.41 bits per heavy atom. The predicted octanol–water partition coefficient (Wildman–Crippen LogP) is 0.0866. The molecule has 1 aliphatic rings. The van der Waals surface area contributed by atoms with Crippen molar-refractivity contribution in [2.75, 3.05) is 46.3 Å². The lowest BCUT2D eigenvalue weighted by Gasteiger charge is -2.30. The fourth-order valence-corrected chi connectivity index (χ4v) is 3.35. The Balaban J connectivity index is 2.07. The van der Waals surface area contributed by atoms with Crippen molar-refractivity contribution >= 4 is 17.7 Å². The number of aromatic nitrogens is 2. The Hall–Kier alpha value is -1.38. The fraction of sp³-hybridized carbons (Fsp3) is 0.643. The van der Waals surface area contributed by atoms with E-state index < -0.39 is 0 Å². The smallest absolute Gasteiger partial charge is 0.254 e. The molecule has 0 radical (unpaired) electrons. The van der Waals surface area contributed by atoms with E-state index in [4.69, 9.17) is 9.47 Å². The maximum Gasteiger partial charge on any atom is 0.254 e. The van der Waals surface area contributed by atoms with E-state index in [1.165, 1.54) is 24.0 Å². The first-order valence-electron chi connectivity index (χ1n) is 7.12. The van der Waals surface area contributed by atoms with Gasteiger partial charge in [-0.05, 0) is 0 Å². The molecule has 0 aliphatic carbocycles. The van der Waals surface area contributed by atoms with E-state index in [9.17, 15) is 9.59 Å². The first-order valence-corrected chi connectivity index (χ1v) is 8.11. The summed E-state index contributed by atoms with van der Waals surface area (Å²) in [5, 5.41) is 0.678. The van der Waals surface area contributed by atoms with Crippen molar-refractivity contribution < 1.29 is 14.3 Å². The molecule has 0 fully saturated rings. The highest BCUT2D eigenvalue weighted by Crippen LogP contribution is 2.25. The first kappa shape index (κ1) is 17.0. The maximum atomic E-state index is 12.7. The molecule has 0 aromatic carbocycles. The third kappa shape index (κ3) is 4.08. The minimum Gasteiger partial charge on any atom is -0.383 e. The van der Waals surface area contributed by atoms with Gasteiger partial charge in [-0.1, -0.05) is 11.8 Å². The second-order valence-electron chi connectivity index (χ2n) is 5.00. The van der Waals surface area contributed by atoms with Gasteiger partial charge in [0.2, 0.25) is 5.91 Å². The molecule has 1 aromatic rings. The number of nitrogens with zero attached hydrogens (tertiary/aromatic N) is 3. The van der Waals surface area contributed by atoms with Crippen molar-refractivity contribution in [3.8, 4) is 0 Å². The van der Waals surface area contributed by atoms with Crippen LogP contribution in [-0.2, 0) is 20.8 Å². The Labute approximate surface area is 133 Å². The average Bonchev–Trinajstić information content (AvgIpc) is 2.54.